The molecule has 1 aromatic heterocycles. The maximum Gasteiger partial charge on any atom is 0.234 e. The molecule has 3 aromatic rings. The molecule has 2 aliphatic rings. The summed E-state index contributed by atoms with van der Waals surface area (Å²) in [6, 6.07) is 13.4. The molecule has 1 atom stereocenters. The lowest BCUT2D eigenvalue weighted by molar-refractivity contribution is -0.124. The van der Waals surface area contributed by atoms with E-state index < -0.39 is 5.92 Å². The zero-order chi connectivity index (χ0) is 22.2. The molecular weight excluding hydrogens is 426 g/mol. The van der Waals surface area contributed by atoms with Gasteiger partial charge in [-0.15, -0.1) is 0 Å². The van der Waals surface area contributed by atoms with Crippen molar-refractivity contribution in [2.24, 2.45) is 11.8 Å². The number of amides is 2. The fourth-order valence-electron chi connectivity index (χ4n) is 4.15. The van der Waals surface area contributed by atoms with Gasteiger partial charge in [0, 0.05) is 31.3 Å². The lowest BCUT2D eigenvalue weighted by Crippen LogP contribution is -2.39. The highest BCUT2D eigenvalue weighted by atomic mass is 32.1. The lowest BCUT2D eigenvalue weighted by Gasteiger charge is -2.25. The van der Waals surface area contributed by atoms with Crippen molar-refractivity contribution in [1.82, 2.24) is 4.98 Å². The minimum atomic E-state index is -0.415. The van der Waals surface area contributed by atoms with Gasteiger partial charge in [0.05, 0.1) is 16.1 Å². The van der Waals surface area contributed by atoms with Crippen molar-refractivity contribution in [3.63, 3.8) is 0 Å². The number of ether oxygens (including phenoxy) is 2. The molecule has 7 nitrogen and oxygen atoms in total. The number of hydrogen-bond acceptors (Lipinski definition) is 6. The van der Waals surface area contributed by atoms with Crippen LogP contribution in [0, 0.1) is 11.8 Å². The van der Waals surface area contributed by atoms with E-state index >= 15 is 0 Å². The van der Waals surface area contributed by atoms with Crippen LogP contribution in [0.4, 0.5) is 10.8 Å². The average molecular weight is 452 g/mol. The molecule has 2 amide bonds. The second-order valence-electron chi connectivity index (χ2n) is 8.54. The molecule has 166 valence electrons. The zero-order valence-electron chi connectivity index (χ0n) is 18.1. The van der Waals surface area contributed by atoms with Gasteiger partial charge in [0.15, 0.2) is 16.6 Å². The molecule has 0 radical (unpaired) electrons. The Balaban J connectivity index is 1.39. The number of fused-ring (bicyclic) bond motifs is 2. The highest BCUT2D eigenvalue weighted by Crippen LogP contribution is 2.37. The van der Waals surface area contributed by atoms with Gasteiger partial charge in [-0.05, 0) is 30.2 Å². The van der Waals surface area contributed by atoms with Gasteiger partial charge in [-0.3, -0.25) is 14.5 Å². The summed E-state index contributed by atoms with van der Waals surface area (Å²) in [7, 11) is 0. The summed E-state index contributed by atoms with van der Waals surface area (Å²) in [5.74, 6) is 1.06. The first kappa shape index (κ1) is 20.8. The summed E-state index contributed by atoms with van der Waals surface area (Å²) in [5, 5.41) is 0.690. The van der Waals surface area contributed by atoms with Crippen LogP contribution in [0.3, 0.4) is 0 Å². The maximum atomic E-state index is 13.6. The molecule has 0 aliphatic carbocycles. The van der Waals surface area contributed by atoms with Crippen LogP contribution in [0.2, 0.25) is 0 Å². The fourth-order valence-corrected chi connectivity index (χ4v) is 5.13. The third kappa shape index (κ3) is 3.90. The quantitative estimate of drug-likeness (QED) is 0.584. The third-order valence-electron chi connectivity index (χ3n) is 5.64. The van der Waals surface area contributed by atoms with E-state index in [0.29, 0.717) is 42.9 Å². The standard InChI is InChI=1S/C24H25N3O4S/c1-15(2)13-27(24-25-18-5-3-4-6-21(18)32-24)23(29)16-11-22(28)26(14-16)17-7-8-19-20(12-17)31-10-9-30-19/h3-8,12,15-16H,9-11,13-14H2,1-2H3/t16-/m0/s1. The van der Waals surface area contributed by atoms with Gasteiger partial charge in [-0.2, -0.15) is 0 Å². The van der Waals surface area contributed by atoms with Gasteiger partial charge in [-0.1, -0.05) is 37.3 Å². The molecule has 32 heavy (non-hydrogen) atoms. The van der Waals surface area contributed by atoms with Crippen molar-refractivity contribution < 1.29 is 19.1 Å². The first-order valence-corrected chi connectivity index (χ1v) is 11.7. The summed E-state index contributed by atoms with van der Waals surface area (Å²) in [6.07, 6.45) is 0.187. The Bertz CT molecular complexity index is 1140. The van der Waals surface area contributed by atoms with Crippen LogP contribution in [0.5, 0.6) is 11.5 Å². The largest absolute Gasteiger partial charge is 0.486 e. The number of anilines is 2. The number of carbonyl (C=O) groups is 2. The minimum absolute atomic E-state index is 0.0499. The van der Waals surface area contributed by atoms with Crippen LogP contribution < -0.4 is 19.3 Å². The first-order chi connectivity index (χ1) is 15.5. The van der Waals surface area contributed by atoms with Crippen molar-refractivity contribution >= 4 is 44.2 Å². The van der Waals surface area contributed by atoms with Crippen molar-refractivity contribution in [3.05, 3.63) is 42.5 Å². The van der Waals surface area contributed by atoms with E-state index in [1.807, 2.05) is 42.5 Å². The molecule has 5 rings (SSSR count). The van der Waals surface area contributed by atoms with E-state index in [-0.39, 0.29) is 24.2 Å². The van der Waals surface area contributed by atoms with Crippen LogP contribution >= 0.6 is 11.3 Å². The number of benzene rings is 2. The zero-order valence-corrected chi connectivity index (χ0v) is 18.9. The summed E-state index contributed by atoms with van der Waals surface area (Å²) >= 11 is 1.51. The summed E-state index contributed by atoms with van der Waals surface area (Å²) in [4.78, 5) is 34.6. The molecule has 2 aromatic carbocycles. The molecule has 0 spiro atoms. The molecule has 0 saturated carbocycles. The number of aromatic nitrogens is 1. The Morgan fingerprint density at radius 3 is 2.75 bits per heavy atom. The van der Waals surface area contributed by atoms with Crippen molar-refractivity contribution in [3.8, 4) is 11.5 Å². The topological polar surface area (TPSA) is 72.0 Å². The van der Waals surface area contributed by atoms with Crippen LogP contribution in [0.1, 0.15) is 20.3 Å². The highest BCUT2D eigenvalue weighted by molar-refractivity contribution is 7.22. The Hall–Kier alpha value is -3.13. The molecule has 1 saturated heterocycles. The van der Waals surface area contributed by atoms with Gasteiger partial charge in [0.2, 0.25) is 11.8 Å². The monoisotopic (exact) mass is 451 g/mol. The first-order valence-electron chi connectivity index (χ1n) is 10.9. The number of thiazole rings is 1. The second-order valence-corrected chi connectivity index (χ2v) is 9.55. The molecule has 0 N–H and O–H groups in total. The number of para-hydroxylation sites is 1. The second kappa shape index (κ2) is 8.43. The highest BCUT2D eigenvalue weighted by Gasteiger charge is 2.38. The Morgan fingerprint density at radius 1 is 1.19 bits per heavy atom. The van der Waals surface area contributed by atoms with Crippen molar-refractivity contribution in [1.29, 1.82) is 0 Å². The number of hydrogen-bond donors (Lipinski definition) is 0. The smallest absolute Gasteiger partial charge is 0.234 e. The predicted molar refractivity (Wildman–Crippen MR) is 125 cm³/mol. The summed E-state index contributed by atoms with van der Waals surface area (Å²) in [5.41, 5.74) is 1.61. The van der Waals surface area contributed by atoms with Gasteiger partial charge in [0.1, 0.15) is 13.2 Å². The lowest BCUT2D eigenvalue weighted by atomic mass is 10.1. The van der Waals surface area contributed by atoms with E-state index in [2.05, 4.69) is 13.8 Å². The molecule has 0 bridgehead atoms. The van der Waals surface area contributed by atoms with Gasteiger partial charge < -0.3 is 14.4 Å². The van der Waals surface area contributed by atoms with Crippen molar-refractivity contribution in [2.75, 3.05) is 36.1 Å². The molecule has 3 heterocycles. The fraction of sp³-hybridized carbons (Fsp3) is 0.375. The molecule has 2 aliphatic heterocycles. The van der Waals surface area contributed by atoms with Crippen LogP contribution in [0.25, 0.3) is 10.2 Å². The Labute approximate surface area is 190 Å². The van der Waals surface area contributed by atoms with E-state index in [1.54, 1.807) is 9.80 Å². The normalized spacial score (nSPS) is 17.9. The van der Waals surface area contributed by atoms with E-state index in [0.717, 1.165) is 15.9 Å². The summed E-state index contributed by atoms with van der Waals surface area (Å²) in [6.45, 7) is 6.06. The van der Waals surface area contributed by atoms with Gasteiger partial charge >= 0.3 is 0 Å². The van der Waals surface area contributed by atoms with E-state index in [1.165, 1.54) is 11.3 Å². The van der Waals surface area contributed by atoms with Gasteiger partial charge in [0.25, 0.3) is 0 Å². The maximum absolute atomic E-state index is 13.6. The number of rotatable bonds is 5. The van der Waals surface area contributed by atoms with Crippen LogP contribution in [-0.4, -0.2) is 43.1 Å². The van der Waals surface area contributed by atoms with Crippen LogP contribution in [-0.2, 0) is 9.59 Å². The van der Waals surface area contributed by atoms with E-state index in [9.17, 15) is 9.59 Å². The molecular formula is C24H25N3O4S. The SMILES string of the molecule is CC(C)CN(C(=O)[C@H]1CC(=O)N(c2ccc3c(c2)OCCO3)C1)c1nc2ccccc2s1. The predicted octanol–water partition coefficient (Wildman–Crippen LogP) is 4.11. The van der Waals surface area contributed by atoms with Crippen LogP contribution in [0.15, 0.2) is 42.5 Å². The van der Waals surface area contributed by atoms with E-state index in [4.69, 9.17) is 14.5 Å². The molecule has 8 heteroatoms. The molecule has 0 unspecified atom stereocenters. The Morgan fingerprint density at radius 2 is 1.97 bits per heavy atom. The minimum Gasteiger partial charge on any atom is -0.486 e. The summed E-state index contributed by atoms with van der Waals surface area (Å²) < 4.78 is 12.3. The average Bonchev–Trinajstić information content (AvgIpc) is 3.40. The third-order valence-corrected chi connectivity index (χ3v) is 6.70. The molecule has 1 fully saturated rings. The number of nitrogens with zero attached hydrogens (tertiary/aromatic N) is 3. The Kier molecular flexibility index (Phi) is 5.46. The van der Waals surface area contributed by atoms with Gasteiger partial charge in [-0.25, -0.2) is 4.98 Å². The number of carbonyl (C=O) groups excluding carboxylic acids is 2. The van der Waals surface area contributed by atoms with Crippen molar-refractivity contribution in [2.45, 2.75) is 20.3 Å².